The van der Waals surface area contributed by atoms with Crippen LogP contribution in [0.4, 0.5) is 0 Å². The maximum atomic E-state index is 12.3. The van der Waals surface area contributed by atoms with Crippen LogP contribution in [-0.4, -0.2) is 17.5 Å². The van der Waals surface area contributed by atoms with Gasteiger partial charge in [-0.3, -0.25) is 4.79 Å². The van der Waals surface area contributed by atoms with Crippen molar-refractivity contribution < 1.29 is 14.3 Å². The first-order chi connectivity index (χ1) is 14.1. The first-order valence-corrected chi connectivity index (χ1v) is 10.6. The second-order valence-corrected chi connectivity index (χ2v) is 7.64. The predicted octanol–water partition coefficient (Wildman–Crippen LogP) is 4.43. The summed E-state index contributed by atoms with van der Waals surface area (Å²) in [4.78, 5) is 16.8. The van der Waals surface area contributed by atoms with Gasteiger partial charge in [-0.1, -0.05) is 42.0 Å². The number of thiazole rings is 1. The van der Waals surface area contributed by atoms with Crippen LogP contribution in [0.25, 0.3) is 0 Å². The number of aromatic nitrogens is 1. The SMILES string of the molecule is CCOCc1ccccc1CNC(=O)Cc1csc(COc2ccc(C)cc2)n1. The van der Waals surface area contributed by atoms with E-state index in [0.29, 0.717) is 26.4 Å². The third-order valence-corrected chi connectivity index (χ3v) is 5.25. The number of benzene rings is 2. The van der Waals surface area contributed by atoms with E-state index >= 15 is 0 Å². The summed E-state index contributed by atoms with van der Waals surface area (Å²) in [7, 11) is 0. The van der Waals surface area contributed by atoms with Gasteiger partial charge < -0.3 is 14.8 Å². The molecule has 0 aliphatic carbocycles. The topological polar surface area (TPSA) is 60.5 Å². The standard InChI is InChI=1S/C23H26N2O3S/c1-3-27-14-19-7-5-4-6-18(19)13-24-22(26)12-20-16-29-23(25-20)15-28-21-10-8-17(2)9-11-21/h4-11,16H,3,12-15H2,1-2H3,(H,24,26). The highest BCUT2D eigenvalue weighted by Gasteiger charge is 2.09. The highest BCUT2D eigenvalue weighted by molar-refractivity contribution is 7.09. The van der Waals surface area contributed by atoms with E-state index in [2.05, 4.69) is 10.3 Å². The molecule has 2 aromatic carbocycles. The number of nitrogens with zero attached hydrogens (tertiary/aromatic N) is 1. The van der Waals surface area contributed by atoms with Crippen molar-refractivity contribution in [3.05, 3.63) is 81.3 Å². The van der Waals surface area contributed by atoms with Crippen molar-refractivity contribution in [1.29, 1.82) is 0 Å². The highest BCUT2D eigenvalue weighted by Crippen LogP contribution is 2.16. The zero-order chi connectivity index (χ0) is 20.5. The van der Waals surface area contributed by atoms with Crippen LogP contribution in [-0.2, 0) is 35.7 Å². The fourth-order valence-electron chi connectivity index (χ4n) is 2.78. The summed E-state index contributed by atoms with van der Waals surface area (Å²) >= 11 is 1.51. The Bertz CT molecular complexity index is 922. The van der Waals surface area contributed by atoms with Gasteiger partial charge in [0.1, 0.15) is 17.4 Å². The van der Waals surface area contributed by atoms with Gasteiger partial charge in [0.15, 0.2) is 0 Å². The number of carbonyl (C=O) groups excluding carboxylic acids is 1. The largest absolute Gasteiger partial charge is 0.486 e. The first kappa shape index (κ1) is 21.0. The zero-order valence-electron chi connectivity index (χ0n) is 16.8. The highest BCUT2D eigenvalue weighted by atomic mass is 32.1. The number of nitrogens with one attached hydrogen (secondary N) is 1. The van der Waals surface area contributed by atoms with Gasteiger partial charge >= 0.3 is 0 Å². The number of ether oxygens (including phenoxy) is 2. The number of hydrogen-bond donors (Lipinski definition) is 1. The molecule has 3 aromatic rings. The lowest BCUT2D eigenvalue weighted by Gasteiger charge is -2.10. The zero-order valence-corrected chi connectivity index (χ0v) is 17.6. The van der Waals surface area contributed by atoms with Gasteiger partial charge in [-0.25, -0.2) is 4.98 Å². The molecule has 29 heavy (non-hydrogen) atoms. The molecule has 0 atom stereocenters. The lowest BCUT2D eigenvalue weighted by molar-refractivity contribution is -0.120. The Hall–Kier alpha value is -2.70. The lowest BCUT2D eigenvalue weighted by Crippen LogP contribution is -2.25. The van der Waals surface area contributed by atoms with Crippen molar-refractivity contribution >= 4 is 17.2 Å². The molecule has 3 rings (SSSR count). The molecule has 152 valence electrons. The molecule has 1 amide bonds. The molecule has 0 aliphatic heterocycles. The van der Waals surface area contributed by atoms with E-state index in [4.69, 9.17) is 9.47 Å². The normalized spacial score (nSPS) is 10.7. The third-order valence-electron chi connectivity index (χ3n) is 4.38. The van der Waals surface area contributed by atoms with E-state index in [1.807, 2.05) is 67.8 Å². The van der Waals surface area contributed by atoms with E-state index in [1.165, 1.54) is 16.9 Å². The van der Waals surface area contributed by atoms with Crippen LogP contribution in [0.1, 0.15) is 34.3 Å². The minimum Gasteiger partial charge on any atom is -0.486 e. The molecule has 0 unspecified atom stereocenters. The van der Waals surface area contributed by atoms with Gasteiger partial charge in [-0.05, 0) is 37.1 Å². The van der Waals surface area contributed by atoms with Crippen molar-refractivity contribution in [2.24, 2.45) is 0 Å². The van der Waals surface area contributed by atoms with Crippen LogP contribution in [0, 0.1) is 6.92 Å². The second-order valence-electron chi connectivity index (χ2n) is 6.69. The Kier molecular flexibility index (Phi) is 7.78. The molecular weight excluding hydrogens is 384 g/mol. The molecule has 0 saturated heterocycles. The van der Waals surface area contributed by atoms with Crippen molar-refractivity contribution in [1.82, 2.24) is 10.3 Å². The van der Waals surface area contributed by atoms with Gasteiger partial charge in [-0.2, -0.15) is 0 Å². The van der Waals surface area contributed by atoms with E-state index in [9.17, 15) is 4.79 Å². The Morgan fingerprint density at radius 3 is 2.59 bits per heavy atom. The molecule has 0 bridgehead atoms. The summed E-state index contributed by atoms with van der Waals surface area (Å²) in [6, 6.07) is 15.9. The lowest BCUT2D eigenvalue weighted by atomic mass is 10.1. The van der Waals surface area contributed by atoms with E-state index in [1.54, 1.807) is 0 Å². The minimum atomic E-state index is -0.0486. The molecular formula is C23H26N2O3S. The average molecular weight is 411 g/mol. The summed E-state index contributed by atoms with van der Waals surface area (Å²) in [6.07, 6.45) is 0.259. The van der Waals surface area contributed by atoms with Crippen LogP contribution >= 0.6 is 11.3 Å². The second kappa shape index (κ2) is 10.7. The average Bonchev–Trinajstić information content (AvgIpc) is 3.18. The van der Waals surface area contributed by atoms with Crippen LogP contribution in [0.2, 0.25) is 0 Å². The first-order valence-electron chi connectivity index (χ1n) is 9.68. The van der Waals surface area contributed by atoms with Crippen LogP contribution < -0.4 is 10.1 Å². The van der Waals surface area contributed by atoms with Gasteiger partial charge in [0.2, 0.25) is 5.91 Å². The van der Waals surface area contributed by atoms with Gasteiger partial charge in [0, 0.05) is 18.5 Å². The Labute approximate surface area is 175 Å². The summed E-state index contributed by atoms with van der Waals surface area (Å²) in [5.41, 5.74) is 4.12. The van der Waals surface area contributed by atoms with Gasteiger partial charge in [0.05, 0.1) is 18.7 Å². The third kappa shape index (κ3) is 6.69. The fraction of sp³-hybridized carbons (Fsp3) is 0.304. The van der Waals surface area contributed by atoms with Crippen molar-refractivity contribution in [2.45, 2.75) is 40.0 Å². The molecule has 0 spiro atoms. The molecule has 0 radical (unpaired) electrons. The molecule has 1 heterocycles. The van der Waals surface area contributed by atoms with Crippen molar-refractivity contribution in [3.63, 3.8) is 0 Å². The van der Waals surface area contributed by atoms with Gasteiger partial charge in [0.25, 0.3) is 0 Å². The monoisotopic (exact) mass is 410 g/mol. The molecule has 5 nitrogen and oxygen atoms in total. The van der Waals surface area contributed by atoms with Crippen LogP contribution in [0.5, 0.6) is 5.75 Å². The van der Waals surface area contributed by atoms with Crippen molar-refractivity contribution in [3.8, 4) is 5.75 Å². The van der Waals surface area contributed by atoms with Crippen LogP contribution in [0.15, 0.2) is 53.9 Å². The fourth-order valence-corrected chi connectivity index (χ4v) is 3.48. The summed E-state index contributed by atoms with van der Waals surface area (Å²) in [5, 5.41) is 5.75. The molecule has 0 fully saturated rings. The smallest absolute Gasteiger partial charge is 0.226 e. The quantitative estimate of drug-likeness (QED) is 0.537. The summed E-state index contributed by atoms with van der Waals surface area (Å²) < 4.78 is 11.2. The van der Waals surface area contributed by atoms with E-state index < -0.39 is 0 Å². The number of amides is 1. The Balaban J connectivity index is 1.47. The van der Waals surface area contributed by atoms with E-state index in [-0.39, 0.29) is 12.3 Å². The number of hydrogen-bond acceptors (Lipinski definition) is 5. The Morgan fingerprint density at radius 2 is 1.83 bits per heavy atom. The predicted molar refractivity (Wildman–Crippen MR) is 115 cm³/mol. The van der Waals surface area contributed by atoms with E-state index in [0.717, 1.165) is 27.6 Å². The molecule has 1 aromatic heterocycles. The molecule has 0 saturated carbocycles. The van der Waals surface area contributed by atoms with Crippen molar-refractivity contribution in [2.75, 3.05) is 6.61 Å². The maximum absolute atomic E-state index is 12.3. The molecule has 0 aliphatic rings. The number of rotatable bonds is 10. The maximum Gasteiger partial charge on any atom is 0.226 e. The number of aryl methyl sites for hydroxylation is 1. The summed E-state index contributed by atoms with van der Waals surface area (Å²) in [6.45, 7) is 6.12. The molecule has 1 N–H and O–H groups in total. The van der Waals surface area contributed by atoms with Gasteiger partial charge in [-0.15, -0.1) is 11.3 Å². The summed E-state index contributed by atoms with van der Waals surface area (Å²) in [5.74, 6) is 0.767. The van der Waals surface area contributed by atoms with Crippen LogP contribution in [0.3, 0.4) is 0 Å². The Morgan fingerprint density at radius 1 is 1.07 bits per heavy atom. The minimum absolute atomic E-state index is 0.0486. The number of carbonyl (C=O) groups is 1. The molecule has 6 heteroatoms.